The first kappa shape index (κ1) is 22.9. The third-order valence-corrected chi connectivity index (χ3v) is 6.12. The Hall–Kier alpha value is -3.32. The van der Waals surface area contributed by atoms with Crippen molar-refractivity contribution in [3.63, 3.8) is 0 Å². The highest BCUT2D eigenvalue weighted by Crippen LogP contribution is 2.18. The number of aryl methyl sites for hydroxylation is 1. The van der Waals surface area contributed by atoms with Crippen molar-refractivity contribution in [3.8, 4) is 0 Å². The van der Waals surface area contributed by atoms with E-state index in [9.17, 15) is 0 Å². The van der Waals surface area contributed by atoms with Crippen molar-refractivity contribution in [2.45, 2.75) is 26.6 Å². The van der Waals surface area contributed by atoms with Crippen molar-refractivity contribution in [2.24, 2.45) is 12.0 Å². The highest BCUT2D eigenvalue weighted by Gasteiger charge is 2.18. The number of hydrogen-bond acceptors (Lipinski definition) is 4. The number of nitrogens with one attached hydrogen (secondary N) is 2. The van der Waals surface area contributed by atoms with Crippen molar-refractivity contribution in [2.75, 3.05) is 37.6 Å². The van der Waals surface area contributed by atoms with Crippen molar-refractivity contribution in [1.82, 2.24) is 25.3 Å². The number of benzene rings is 2. The summed E-state index contributed by atoms with van der Waals surface area (Å²) in [6.07, 6.45) is 1.82. The van der Waals surface area contributed by atoms with Crippen LogP contribution in [0.3, 0.4) is 0 Å². The van der Waals surface area contributed by atoms with Crippen molar-refractivity contribution in [1.29, 1.82) is 0 Å². The summed E-state index contributed by atoms with van der Waals surface area (Å²) >= 11 is 0. The van der Waals surface area contributed by atoms with Gasteiger partial charge in [0.1, 0.15) is 0 Å². The molecule has 174 valence electrons. The van der Waals surface area contributed by atoms with Crippen LogP contribution in [0.25, 0.3) is 0 Å². The fourth-order valence-electron chi connectivity index (χ4n) is 4.16. The van der Waals surface area contributed by atoms with Gasteiger partial charge in [-0.1, -0.05) is 42.5 Å². The van der Waals surface area contributed by atoms with Crippen LogP contribution in [0.5, 0.6) is 0 Å². The fourth-order valence-corrected chi connectivity index (χ4v) is 4.16. The van der Waals surface area contributed by atoms with E-state index in [0.29, 0.717) is 13.1 Å². The number of nitrogens with zero attached hydrogens (tertiary/aromatic N) is 5. The second kappa shape index (κ2) is 11.5. The zero-order valence-corrected chi connectivity index (χ0v) is 19.7. The van der Waals surface area contributed by atoms with Gasteiger partial charge in [-0.25, -0.2) is 4.99 Å². The summed E-state index contributed by atoms with van der Waals surface area (Å²) in [7, 11) is 1.96. The summed E-state index contributed by atoms with van der Waals surface area (Å²) in [6, 6.07) is 21.4. The van der Waals surface area contributed by atoms with E-state index < -0.39 is 0 Å². The molecule has 7 nitrogen and oxygen atoms in total. The number of guanidine groups is 1. The zero-order chi connectivity index (χ0) is 22.9. The molecule has 0 unspecified atom stereocenters. The Balaban J connectivity index is 1.35. The van der Waals surface area contributed by atoms with Gasteiger partial charge in [0.25, 0.3) is 0 Å². The highest BCUT2D eigenvalue weighted by molar-refractivity contribution is 5.79. The molecular weight excluding hydrogens is 410 g/mol. The third-order valence-electron chi connectivity index (χ3n) is 6.12. The third kappa shape index (κ3) is 6.35. The first-order valence-corrected chi connectivity index (χ1v) is 11.8. The van der Waals surface area contributed by atoms with Gasteiger partial charge >= 0.3 is 0 Å². The van der Waals surface area contributed by atoms with Gasteiger partial charge < -0.3 is 15.5 Å². The van der Waals surface area contributed by atoms with E-state index in [-0.39, 0.29) is 0 Å². The zero-order valence-electron chi connectivity index (χ0n) is 19.7. The maximum Gasteiger partial charge on any atom is 0.191 e. The van der Waals surface area contributed by atoms with E-state index in [1.165, 1.54) is 16.8 Å². The summed E-state index contributed by atoms with van der Waals surface area (Å²) in [5.74, 6) is 0.824. The van der Waals surface area contributed by atoms with E-state index in [1.54, 1.807) is 0 Å². The largest absolute Gasteiger partial charge is 0.369 e. The minimum Gasteiger partial charge on any atom is -0.369 e. The molecular formula is C26H35N7. The van der Waals surface area contributed by atoms with E-state index in [2.05, 4.69) is 87.1 Å². The van der Waals surface area contributed by atoms with E-state index in [0.717, 1.165) is 50.9 Å². The second-order valence-electron chi connectivity index (χ2n) is 8.36. The standard InChI is InChI=1S/C26H35N7/c1-3-27-26(29-20-25-13-14-30-31(25)2)28-19-22-9-7-8-10-23(22)21-32-15-17-33(18-16-32)24-11-5-4-6-12-24/h4-14H,3,15-21H2,1-2H3,(H2,27,28,29). The molecule has 1 saturated heterocycles. The van der Waals surface area contributed by atoms with Gasteiger partial charge in [0.05, 0.1) is 18.8 Å². The number of piperazine rings is 1. The SMILES string of the molecule is CCNC(=NCc1ccccc1CN1CCN(c2ccccc2)CC1)NCc1ccnn1C. The molecule has 3 aromatic rings. The number of hydrogen-bond donors (Lipinski definition) is 2. The van der Waals surface area contributed by atoms with Gasteiger partial charge in [0.2, 0.25) is 0 Å². The average Bonchev–Trinajstić information content (AvgIpc) is 3.27. The molecule has 4 rings (SSSR count). The van der Waals surface area contributed by atoms with Gasteiger partial charge in [-0.15, -0.1) is 0 Å². The molecule has 0 radical (unpaired) electrons. The Morgan fingerprint density at radius 2 is 1.64 bits per heavy atom. The van der Waals surface area contributed by atoms with Crippen LogP contribution in [-0.2, 0) is 26.7 Å². The van der Waals surface area contributed by atoms with Crippen LogP contribution in [0.2, 0.25) is 0 Å². The maximum atomic E-state index is 4.86. The van der Waals surface area contributed by atoms with E-state index >= 15 is 0 Å². The molecule has 0 bridgehead atoms. The summed E-state index contributed by atoms with van der Waals surface area (Å²) in [5, 5.41) is 11.0. The summed E-state index contributed by atoms with van der Waals surface area (Å²) in [5.41, 5.74) is 5.08. The number of anilines is 1. The smallest absolute Gasteiger partial charge is 0.191 e. The minimum atomic E-state index is 0.654. The highest BCUT2D eigenvalue weighted by atomic mass is 15.3. The molecule has 2 aromatic carbocycles. The number of para-hydroxylation sites is 1. The normalized spacial score (nSPS) is 15.0. The van der Waals surface area contributed by atoms with Crippen LogP contribution < -0.4 is 15.5 Å². The molecule has 0 aliphatic carbocycles. The van der Waals surface area contributed by atoms with Gasteiger partial charge in [-0.3, -0.25) is 9.58 Å². The number of aliphatic imine (C=N–C) groups is 1. The van der Waals surface area contributed by atoms with Crippen molar-refractivity contribution < 1.29 is 0 Å². The molecule has 33 heavy (non-hydrogen) atoms. The molecule has 2 N–H and O–H groups in total. The Kier molecular flexibility index (Phi) is 7.98. The van der Waals surface area contributed by atoms with E-state index in [1.807, 2.05) is 24.0 Å². The van der Waals surface area contributed by atoms with Crippen LogP contribution in [0.15, 0.2) is 71.9 Å². The maximum absolute atomic E-state index is 4.86. The summed E-state index contributed by atoms with van der Waals surface area (Å²) in [4.78, 5) is 9.88. The van der Waals surface area contributed by atoms with E-state index in [4.69, 9.17) is 4.99 Å². The number of aromatic nitrogens is 2. The minimum absolute atomic E-state index is 0.654. The lowest BCUT2D eigenvalue weighted by atomic mass is 10.1. The molecule has 2 heterocycles. The Morgan fingerprint density at radius 1 is 0.909 bits per heavy atom. The predicted octanol–water partition coefficient (Wildman–Crippen LogP) is 3.00. The van der Waals surface area contributed by atoms with Crippen LogP contribution in [0.4, 0.5) is 5.69 Å². The lowest BCUT2D eigenvalue weighted by Crippen LogP contribution is -2.46. The Bertz CT molecular complexity index is 1020. The molecule has 1 aliphatic rings. The van der Waals surface area contributed by atoms with Gasteiger partial charge in [0.15, 0.2) is 5.96 Å². The van der Waals surface area contributed by atoms with Crippen molar-refractivity contribution in [3.05, 3.63) is 83.7 Å². The van der Waals surface area contributed by atoms with Crippen molar-refractivity contribution >= 4 is 11.6 Å². The molecule has 7 heteroatoms. The summed E-state index contributed by atoms with van der Waals surface area (Å²) in [6.45, 7) is 9.49. The molecule has 0 amide bonds. The average molecular weight is 446 g/mol. The first-order chi connectivity index (χ1) is 16.2. The van der Waals surface area contributed by atoms with Gasteiger partial charge in [-0.2, -0.15) is 5.10 Å². The first-order valence-electron chi connectivity index (χ1n) is 11.8. The van der Waals surface area contributed by atoms with Gasteiger partial charge in [0, 0.05) is 58.2 Å². The Labute approximate surface area is 197 Å². The molecule has 0 spiro atoms. The number of rotatable bonds is 8. The van der Waals surface area contributed by atoms with Crippen LogP contribution in [-0.4, -0.2) is 53.4 Å². The molecule has 1 aliphatic heterocycles. The van der Waals surface area contributed by atoms with Crippen LogP contribution in [0, 0.1) is 0 Å². The lowest BCUT2D eigenvalue weighted by molar-refractivity contribution is 0.249. The summed E-state index contributed by atoms with van der Waals surface area (Å²) < 4.78 is 1.88. The Morgan fingerprint density at radius 3 is 2.33 bits per heavy atom. The van der Waals surface area contributed by atoms with Gasteiger partial charge in [-0.05, 0) is 36.2 Å². The molecule has 0 atom stereocenters. The fraction of sp³-hybridized carbons (Fsp3) is 0.385. The quantitative estimate of drug-likeness (QED) is 0.412. The molecule has 0 saturated carbocycles. The predicted molar refractivity (Wildman–Crippen MR) is 135 cm³/mol. The van der Waals surface area contributed by atoms with Crippen LogP contribution >= 0.6 is 0 Å². The van der Waals surface area contributed by atoms with Crippen LogP contribution in [0.1, 0.15) is 23.7 Å². The topological polar surface area (TPSA) is 60.7 Å². The monoisotopic (exact) mass is 445 g/mol. The molecule has 1 aromatic heterocycles. The second-order valence-corrected chi connectivity index (χ2v) is 8.36. The lowest BCUT2D eigenvalue weighted by Gasteiger charge is -2.36. The molecule has 1 fully saturated rings.